The number of fused-ring (bicyclic) bond motifs is 5. The van der Waals surface area contributed by atoms with Crippen LogP contribution in [-0.2, 0) is 0 Å². The Morgan fingerprint density at radius 2 is 1.58 bits per heavy atom. The summed E-state index contributed by atoms with van der Waals surface area (Å²) in [5, 5.41) is 25.2. The summed E-state index contributed by atoms with van der Waals surface area (Å²) >= 11 is 3.48. The van der Waals surface area contributed by atoms with Crippen LogP contribution in [0.5, 0.6) is 0 Å². The maximum atomic E-state index is 14.3. The number of non-ortho nitro benzene ring substituents is 2. The average Bonchev–Trinajstić information content (AvgIpc) is 3.41. The number of allylic oxidation sites excluding steroid dienone is 2. The fourth-order valence-electron chi connectivity index (χ4n) is 5.85. The van der Waals surface area contributed by atoms with Gasteiger partial charge in [-0.3, -0.25) is 25.0 Å². The Hall–Kier alpha value is -4.37. The highest BCUT2D eigenvalue weighted by atomic mass is 79.9. The summed E-state index contributed by atoms with van der Waals surface area (Å²) in [6.07, 6.45) is 5.08. The van der Waals surface area contributed by atoms with Crippen molar-refractivity contribution in [3.8, 4) is 0 Å². The first kappa shape index (κ1) is 24.0. The van der Waals surface area contributed by atoms with Gasteiger partial charge in [-0.15, -0.1) is 0 Å². The number of nitrogens with zero attached hydrogens (tertiary/aromatic N) is 3. The van der Waals surface area contributed by atoms with Crippen molar-refractivity contribution < 1.29 is 14.6 Å². The van der Waals surface area contributed by atoms with Gasteiger partial charge in [-0.2, -0.15) is 0 Å². The van der Waals surface area contributed by atoms with E-state index in [9.17, 15) is 25.0 Å². The maximum Gasteiger partial charge on any atom is 0.277 e. The van der Waals surface area contributed by atoms with Crippen molar-refractivity contribution in [2.75, 3.05) is 4.90 Å². The molecule has 2 aliphatic rings. The first-order chi connectivity index (χ1) is 18.3. The number of halogens is 1. The van der Waals surface area contributed by atoms with Crippen molar-refractivity contribution in [1.29, 1.82) is 0 Å². The third-order valence-corrected chi connectivity index (χ3v) is 7.97. The Labute approximate surface area is 225 Å². The summed E-state index contributed by atoms with van der Waals surface area (Å²) in [6, 6.07) is 22.4. The molecule has 38 heavy (non-hydrogen) atoms. The number of carbonyl (C=O) groups excluding carboxylic acids is 1. The van der Waals surface area contributed by atoms with Gasteiger partial charge in [0.2, 0.25) is 0 Å². The molecule has 0 N–H and O–H groups in total. The molecule has 8 nitrogen and oxygen atoms in total. The van der Waals surface area contributed by atoms with E-state index in [4.69, 9.17) is 0 Å². The zero-order chi connectivity index (χ0) is 26.6. The van der Waals surface area contributed by atoms with E-state index in [1.54, 1.807) is 4.90 Å². The number of benzene rings is 4. The lowest BCUT2D eigenvalue weighted by molar-refractivity contribution is -0.394. The predicted octanol–water partition coefficient (Wildman–Crippen LogP) is 7.48. The van der Waals surface area contributed by atoms with E-state index in [0.717, 1.165) is 51.0 Å². The van der Waals surface area contributed by atoms with Gasteiger partial charge in [0.1, 0.15) is 0 Å². The molecule has 188 valence electrons. The van der Waals surface area contributed by atoms with Gasteiger partial charge >= 0.3 is 0 Å². The lowest BCUT2D eigenvalue weighted by atomic mass is 9.74. The number of carbonyl (C=O) groups is 1. The van der Waals surface area contributed by atoms with Crippen molar-refractivity contribution in [3.05, 3.63) is 132 Å². The second-order valence-corrected chi connectivity index (χ2v) is 10.4. The molecule has 0 aromatic heterocycles. The van der Waals surface area contributed by atoms with E-state index in [1.807, 2.05) is 60.7 Å². The van der Waals surface area contributed by atoms with Crippen molar-refractivity contribution in [2.24, 2.45) is 5.92 Å². The van der Waals surface area contributed by atoms with Crippen LogP contribution >= 0.6 is 15.9 Å². The van der Waals surface area contributed by atoms with Gasteiger partial charge in [0.15, 0.2) is 0 Å². The average molecular weight is 570 g/mol. The summed E-state index contributed by atoms with van der Waals surface area (Å²) in [5.41, 5.74) is 1.53. The van der Waals surface area contributed by atoms with Crippen LogP contribution in [0.1, 0.15) is 39.9 Å². The summed E-state index contributed by atoms with van der Waals surface area (Å²) in [4.78, 5) is 37.8. The topological polar surface area (TPSA) is 107 Å². The Balaban J connectivity index is 1.61. The molecule has 1 amide bonds. The first-order valence-electron chi connectivity index (χ1n) is 12.0. The largest absolute Gasteiger partial charge is 0.300 e. The Kier molecular flexibility index (Phi) is 5.80. The van der Waals surface area contributed by atoms with Crippen LogP contribution in [0.4, 0.5) is 17.1 Å². The zero-order valence-corrected chi connectivity index (χ0v) is 21.4. The molecule has 3 unspecified atom stereocenters. The minimum atomic E-state index is -0.718. The Bertz CT molecular complexity index is 1630. The van der Waals surface area contributed by atoms with Crippen LogP contribution in [-0.4, -0.2) is 15.8 Å². The quantitative estimate of drug-likeness (QED) is 0.144. The summed E-state index contributed by atoms with van der Waals surface area (Å²) in [5.74, 6) is -0.438. The van der Waals surface area contributed by atoms with E-state index in [1.165, 1.54) is 0 Å². The third-order valence-electron chi connectivity index (χ3n) is 7.44. The molecule has 4 aromatic rings. The molecule has 0 spiro atoms. The molecule has 0 radical (unpaired) electrons. The van der Waals surface area contributed by atoms with E-state index >= 15 is 0 Å². The minimum absolute atomic E-state index is 0.0205. The van der Waals surface area contributed by atoms with Gasteiger partial charge in [0, 0.05) is 28.2 Å². The first-order valence-corrected chi connectivity index (χ1v) is 12.8. The maximum absolute atomic E-state index is 14.3. The molecular formula is C29H20BrN3O5. The number of rotatable bonds is 4. The van der Waals surface area contributed by atoms with Gasteiger partial charge in [-0.25, -0.2) is 0 Å². The molecule has 3 atom stereocenters. The predicted molar refractivity (Wildman–Crippen MR) is 147 cm³/mol. The summed E-state index contributed by atoms with van der Waals surface area (Å²) in [6.45, 7) is 0. The van der Waals surface area contributed by atoms with E-state index < -0.39 is 27.1 Å². The monoisotopic (exact) mass is 569 g/mol. The van der Waals surface area contributed by atoms with Gasteiger partial charge in [0.05, 0.1) is 27.5 Å². The fourth-order valence-corrected chi connectivity index (χ4v) is 6.12. The standard InChI is InChI=1S/C29H20BrN3O5/c30-20-11-8-18(9-12-20)28-25-7-3-6-24(25)27-23-5-2-1-4-17(23)10-13-26(27)31(28)29(34)19-14-21(32(35)36)16-22(15-19)33(37)38/h1-6,8-16,24-25,28H,7H2. The fraction of sp³-hybridized carbons (Fsp3) is 0.138. The van der Waals surface area contributed by atoms with Gasteiger partial charge < -0.3 is 4.90 Å². The molecule has 1 heterocycles. The highest BCUT2D eigenvalue weighted by Crippen LogP contribution is 2.55. The third kappa shape index (κ3) is 3.86. The Morgan fingerprint density at radius 1 is 0.895 bits per heavy atom. The summed E-state index contributed by atoms with van der Waals surface area (Å²) in [7, 11) is 0. The number of hydrogen-bond donors (Lipinski definition) is 0. The minimum Gasteiger partial charge on any atom is -0.300 e. The van der Waals surface area contributed by atoms with Gasteiger partial charge in [-0.05, 0) is 52.4 Å². The van der Waals surface area contributed by atoms with Gasteiger partial charge in [0.25, 0.3) is 17.3 Å². The second-order valence-electron chi connectivity index (χ2n) is 9.50. The highest BCUT2D eigenvalue weighted by molar-refractivity contribution is 9.10. The molecule has 0 saturated heterocycles. The molecule has 1 aliphatic heterocycles. The second kappa shape index (κ2) is 9.18. The molecule has 0 saturated carbocycles. The summed E-state index contributed by atoms with van der Waals surface area (Å²) < 4.78 is 0.900. The van der Waals surface area contributed by atoms with Crippen LogP contribution in [0.2, 0.25) is 0 Å². The lowest BCUT2D eigenvalue weighted by Gasteiger charge is -2.45. The van der Waals surface area contributed by atoms with Gasteiger partial charge in [-0.1, -0.05) is 70.5 Å². The van der Waals surface area contributed by atoms with E-state index in [-0.39, 0.29) is 23.4 Å². The SMILES string of the molecule is O=C(c1cc([N+](=O)[O-])cc([N+](=O)[O-])c1)N1c2ccc3ccccc3c2C2C=CCC2C1c1ccc(Br)cc1. The van der Waals surface area contributed by atoms with Crippen LogP contribution in [0, 0.1) is 26.1 Å². The normalized spacial score (nSPS) is 19.7. The molecule has 0 bridgehead atoms. The molecule has 1 aliphatic carbocycles. The van der Waals surface area contributed by atoms with Crippen LogP contribution in [0.25, 0.3) is 10.8 Å². The number of amides is 1. The van der Waals surface area contributed by atoms with Crippen molar-refractivity contribution in [1.82, 2.24) is 0 Å². The number of nitro benzene ring substituents is 2. The van der Waals surface area contributed by atoms with Crippen molar-refractivity contribution in [2.45, 2.75) is 18.4 Å². The van der Waals surface area contributed by atoms with Crippen molar-refractivity contribution >= 4 is 49.7 Å². The smallest absolute Gasteiger partial charge is 0.277 e. The van der Waals surface area contributed by atoms with Crippen LogP contribution in [0.3, 0.4) is 0 Å². The molecular weight excluding hydrogens is 550 g/mol. The number of nitro groups is 2. The van der Waals surface area contributed by atoms with E-state index in [0.29, 0.717) is 5.69 Å². The molecule has 4 aromatic carbocycles. The Morgan fingerprint density at radius 3 is 2.26 bits per heavy atom. The zero-order valence-electron chi connectivity index (χ0n) is 19.9. The molecule has 6 rings (SSSR count). The molecule has 9 heteroatoms. The molecule has 0 fully saturated rings. The van der Waals surface area contributed by atoms with E-state index in [2.05, 4.69) is 28.1 Å². The van der Waals surface area contributed by atoms with Crippen LogP contribution in [0.15, 0.2) is 95.5 Å². The highest BCUT2D eigenvalue weighted by Gasteiger charge is 2.45. The number of hydrogen-bond acceptors (Lipinski definition) is 5. The number of anilines is 1. The van der Waals surface area contributed by atoms with Crippen LogP contribution < -0.4 is 4.90 Å². The van der Waals surface area contributed by atoms with Crippen molar-refractivity contribution in [3.63, 3.8) is 0 Å². The lowest BCUT2D eigenvalue weighted by Crippen LogP contribution is -2.43.